The molecule has 1 fully saturated rings. The van der Waals surface area contributed by atoms with Crippen LogP contribution < -0.4 is 5.32 Å². The Morgan fingerprint density at radius 2 is 2.18 bits per heavy atom. The molecular weight excluding hydrogens is 220 g/mol. The lowest BCUT2D eigenvalue weighted by atomic mass is 10.1. The quantitative estimate of drug-likeness (QED) is 0.832. The van der Waals surface area contributed by atoms with E-state index in [1.54, 1.807) is 6.07 Å². The van der Waals surface area contributed by atoms with Gasteiger partial charge in [0.05, 0.1) is 11.9 Å². The Morgan fingerprint density at radius 1 is 1.47 bits per heavy atom. The van der Waals surface area contributed by atoms with Crippen LogP contribution in [0.25, 0.3) is 0 Å². The fourth-order valence-electron chi connectivity index (χ4n) is 1.66. The molecule has 1 aromatic rings. The summed E-state index contributed by atoms with van der Waals surface area (Å²) in [6.07, 6.45) is 3.59. The van der Waals surface area contributed by atoms with E-state index in [9.17, 15) is 9.59 Å². The van der Waals surface area contributed by atoms with Crippen molar-refractivity contribution in [1.29, 1.82) is 0 Å². The smallest absolute Gasteiger partial charge is 0.354 e. The highest BCUT2D eigenvalue weighted by atomic mass is 16.4. The number of aromatic nitrogens is 1. The number of carbonyl (C=O) groups is 2. The molecule has 0 bridgehead atoms. The summed E-state index contributed by atoms with van der Waals surface area (Å²) in [6, 6.07) is 2.92. The van der Waals surface area contributed by atoms with Gasteiger partial charge in [0, 0.05) is 5.92 Å². The number of carboxylic acid groups (broad SMARTS) is 1. The van der Waals surface area contributed by atoms with Gasteiger partial charge in [0.15, 0.2) is 0 Å². The molecule has 1 unspecified atom stereocenters. The molecule has 90 valence electrons. The van der Waals surface area contributed by atoms with Crippen molar-refractivity contribution in [3.8, 4) is 0 Å². The van der Waals surface area contributed by atoms with Crippen LogP contribution >= 0.6 is 0 Å². The number of pyridine rings is 1. The number of hydrogen-bond donors (Lipinski definition) is 2. The van der Waals surface area contributed by atoms with Crippen LogP contribution in [0.2, 0.25) is 0 Å². The fraction of sp³-hybridized carbons (Fsp3) is 0.417. The van der Waals surface area contributed by atoms with Gasteiger partial charge in [0.25, 0.3) is 0 Å². The third-order valence-corrected chi connectivity index (χ3v) is 2.99. The van der Waals surface area contributed by atoms with E-state index in [2.05, 4.69) is 10.3 Å². The Balaban J connectivity index is 1.98. The molecular formula is C12H14N2O3. The SMILES string of the molecule is CC(C(=O)Nc1ccc(C(=O)O)nc1)C1CC1. The minimum atomic E-state index is -1.07. The van der Waals surface area contributed by atoms with Crippen molar-refractivity contribution in [2.24, 2.45) is 11.8 Å². The number of aromatic carboxylic acids is 1. The highest BCUT2D eigenvalue weighted by Crippen LogP contribution is 2.36. The fourth-order valence-corrected chi connectivity index (χ4v) is 1.66. The lowest BCUT2D eigenvalue weighted by Gasteiger charge is -2.10. The molecule has 0 spiro atoms. The third-order valence-electron chi connectivity index (χ3n) is 2.99. The summed E-state index contributed by atoms with van der Waals surface area (Å²) in [5.41, 5.74) is 0.505. The van der Waals surface area contributed by atoms with Crippen LogP contribution in [-0.4, -0.2) is 22.0 Å². The molecule has 5 nitrogen and oxygen atoms in total. The van der Waals surface area contributed by atoms with Gasteiger partial charge < -0.3 is 10.4 Å². The van der Waals surface area contributed by atoms with Crippen molar-refractivity contribution in [2.45, 2.75) is 19.8 Å². The first-order valence-corrected chi connectivity index (χ1v) is 5.58. The summed E-state index contributed by atoms with van der Waals surface area (Å²) in [5.74, 6) is -0.595. The van der Waals surface area contributed by atoms with E-state index >= 15 is 0 Å². The second-order valence-corrected chi connectivity index (χ2v) is 4.35. The highest BCUT2D eigenvalue weighted by molar-refractivity contribution is 5.93. The zero-order valence-corrected chi connectivity index (χ0v) is 9.51. The monoisotopic (exact) mass is 234 g/mol. The minimum Gasteiger partial charge on any atom is -0.477 e. The number of amides is 1. The van der Waals surface area contributed by atoms with Crippen molar-refractivity contribution < 1.29 is 14.7 Å². The van der Waals surface area contributed by atoms with E-state index in [0.29, 0.717) is 11.6 Å². The van der Waals surface area contributed by atoms with Crippen LogP contribution in [0.4, 0.5) is 5.69 Å². The van der Waals surface area contributed by atoms with Crippen molar-refractivity contribution in [1.82, 2.24) is 4.98 Å². The lowest BCUT2D eigenvalue weighted by Crippen LogP contribution is -2.21. The average molecular weight is 234 g/mol. The Morgan fingerprint density at radius 3 is 2.65 bits per heavy atom. The molecule has 1 atom stereocenters. The number of hydrogen-bond acceptors (Lipinski definition) is 3. The summed E-state index contributed by atoms with van der Waals surface area (Å²) in [4.78, 5) is 26.1. The number of carboxylic acids is 1. The second-order valence-electron chi connectivity index (χ2n) is 4.35. The van der Waals surface area contributed by atoms with Crippen LogP contribution in [0, 0.1) is 11.8 Å². The Labute approximate surface area is 98.9 Å². The predicted molar refractivity (Wildman–Crippen MR) is 61.7 cm³/mol. The summed E-state index contributed by atoms with van der Waals surface area (Å²) in [7, 11) is 0. The van der Waals surface area contributed by atoms with Gasteiger partial charge >= 0.3 is 5.97 Å². The summed E-state index contributed by atoms with van der Waals surface area (Å²) in [5, 5.41) is 11.4. The average Bonchev–Trinajstić information content (AvgIpc) is 3.12. The predicted octanol–water partition coefficient (Wildman–Crippen LogP) is 1.76. The van der Waals surface area contributed by atoms with Gasteiger partial charge in [-0.3, -0.25) is 4.79 Å². The van der Waals surface area contributed by atoms with Crippen LogP contribution in [0.3, 0.4) is 0 Å². The molecule has 1 aromatic heterocycles. The first kappa shape index (κ1) is 11.6. The molecule has 2 N–H and O–H groups in total. The van der Waals surface area contributed by atoms with E-state index in [1.807, 2.05) is 6.92 Å². The number of nitrogens with zero attached hydrogens (tertiary/aromatic N) is 1. The molecule has 0 radical (unpaired) electrons. The Hall–Kier alpha value is -1.91. The molecule has 1 aliphatic rings. The van der Waals surface area contributed by atoms with Gasteiger partial charge in [-0.1, -0.05) is 6.92 Å². The minimum absolute atomic E-state index is 0.00847. The molecule has 1 heterocycles. The van der Waals surface area contributed by atoms with Gasteiger partial charge in [-0.15, -0.1) is 0 Å². The van der Waals surface area contributed by atoms with Crippen LogP contribution in [0.15, 0.2) is 18.3 Å². The Kier molecular flexibility index (Phi) is 3.08. The van der Waals surface area contributed by atoms with Crippen LogP contribution in [0.1, 0.15) is 30.3 Å². The second kappa shape index (κ2) is 4.53. The molecule has 0 aromatic carbocycles. The van der Waals surface area contributed by atoms with Gasteiger partial charge in [0.1, 0.15) is 5.69 Å². The van der Waals surface area contributed by atoms with E-state index < -0.39 is 5.97 Å². The van der Waals surface area contributed by atoms with Crippen molar-refractivity contribution >= 4 is 17.6 Å². The van der Waals surface area contributed by atoms with Crippen molar-refractivity contribution in [2.75, 3.05) is 5.32 Å². The van der Waals surface area contributed by atoms with Gasteiger partial charge in [-0.2, -0.15) is 0 Å². The first-order chi connectivity index (χ1) is 8.08. The van der Waals surface area contributed by atoms with Crippen molar-refractivity contribution in [3.05, 3.63) is 24.0 Å². The van der Waals surface area contributed by atoms with E-state index in [4.69, 9.17) is 5.11 Å². The van der Waals surface area contributed by atoms with E-state index in [-0.39, 0.29) is 17.5 Å². The zero-order valence-electron chi connectivity index (χ0n) is 9.51. The maximum absolute atomic E-state index is 11.8. The zero-order chi connectivity index (χ0) is 12.4. The van der Waals surface area contributed by atoms with E-state index in [0.717, 1.165) is 12.8 Å². The van der Waals surface area contributed by atoms with Crippen LogP contribution in [-0.2, 0) is 4.79 Å². The maximum Gasteiger partial charge on any atom is 0.354 e. The molecule has 2 rings (SSSR count). The maximum atomic E-state index is 11.8. The molecule has 0 saturated heterocycles. The van der Waals surface area contributed by atoms with E-state index in [1.165, 1.54) is 12.3 Å². The summed E-state index contributed by atoms with van der Waals surface area (Å²) < 4.78 is 0. The van der Waals surface area contributed by atoms with Gasteiger partial charge in [0.2, 0.25) is 5.91 Å². The molecule has 1 amide bonds. The summed E-state index contributed by atoms with van der Waals surface area (Å²) >= 11 is 0. The molecule has 17 heavy (non-hydrogen) atoms. The van der Waals surface area contributed by atoms with Gasteiger partial charge in [-0.05, 0) is 30.9 Å². The van der Waals surface area contributed by atoms with Crippen LogP contribution in [0.5, 0.6) is 0 Å². The summed E-state index contributed by atoms with van der Waals surface area (Å²) in [6.45, 7) is 1.91. The number of carbonyl (C=O) groups excluding carboxylic acids is 1. The number of rotatable bonds is 4. The normalized spacial score (nSPS) is 16.3. The first-order valence-electron chi connectivity index (χ1n) is 5.58. The Bertz CT molecular complexity index is 438. The largest absolute Gasteiger partial charge is 0.477 e. The molecule has 5 heteroatoms. The molecule has 1 saturated carbocycles. The highest BCUT2D eigenvalue weighted by Gasteiger charge is 2.32. The molecule has 0 aliphatic heterocycles. The number of nitrogens with one attached hydrogen (secondary N) is 1. The van der Waals surface area contributed by atoms with Gasteiger partial charge in [-0.25, -0.2) is 9.78 Å². The standard InChI is InChI=1S/C12H14N2O3/c1-7(8-2-3-8)11(15)14-9-4-5-10(12(16)17)13-6-9/h4-8H,2-3H2,1H3,(H,14,15)(H,16,17). The number of anilines is 1. The molecule has 1 aliphatic carbocycles. The topological polar surface area (TPSA) is 79.3 Å². The lowest BCUT2D eigenvalue weighted by molar-refractivity contribution is -0.119. The third kappa shape index (κ3) is 2.81. The van der Waals surface area contributed by atoms with Crippen molar-refractivity contribution in [3.63, 3.8) is 0 Å².